The lowest BCUT2D eigenvalue weighted by atomic mass is 9.63. The van der Waals surface area contributed by atoms with Crippen molar-refractivity contribution in [3.63, 3.8) is 0 Å². The molecule has 0 aliphatic carbocycles. The molecule has 0 N–H and O–H groups in total. The third kappa shape index (κ3) is 26.7. The highest BCUT2D eigenvalue weighted by Crippen LogP contribution is 2.48. The third-order valence-electron chi connectivity index (χ3n) is 23.6. The van der Waals surface area contributed by atoms with Crippen molar-refractivity contribution in [3.05, 3.63) is 275 Å². The van der Waals surface area contributed by atoms with Crippen LogP contribution in [0.3, 0.4) is 0 Å². The summed E-state index contributed by atoms with van der Waals surface area (Å²) in [6, 6.07) is 80.3. The molecule has 8 atom stereocenters. The predicted molar refractivity (Wildman–Crippen MR) is 460 cm³/mol. The molecule has 0 aromatic heterocycles. The van der Waals surface area contributed by atoms with Crippen molar-refractivity contribution in [2.45, 2.75) is 254 Å². The molecular formula is C102H144O6. The lowest BCUT2D eigenvalue weighted by Crippen LogP contribution is -2.46. The van der Waals surface area contributed by atoms with E-state index in [4.69, 9.17) is 28.4 Å². The second kappa shape index (κ2) is 42.0. The minimum Gasteiger partial charge on any atom is -0.497 e. The number of aryl methyl sites for hydroxylation is 1. The molecule has 4 fully saturated rings. The molecular weight excluding hydrogens is 1320 g/mol. The SMILES string of the molecule is CC(C)C(c1ccccc1)C1CCOC(C)(C)C1.CC(C)C(c1ccccc1)c1ccccc1.CC(C)C1(c2ccccc2)CCOC(C)(C)C1.COc1ccc(C(C(C)C)C2CCOC(C)(C)C2)cc1.COc1ccc(C(c2ccccc2)C(C)C)cc1.Cc1ccc(C(C(C)C)C2CCOC(C)(C)C2)cc1. The number of benzene rings is 8. The molecule has 6 heteroatoms. The van der Waals surface area contributed by atoms with E-state index in [1.54, 1.807) is 14.2 Å². The Balaban J connectivity index is 0.000000181. The molecule has 0 spiro atoms. The van der Waals surface area contributed by atoms with Crippen LogP contribution in [-0.2, 0) is 24.4 Å². The van der Waals surface area contributed by atoms with Crippen LogP contribution in [0.5, 0.6) is 11.5 Å². The zero-order valence-electron chi connectivity index (χ0n) is 71.4. The standard InChI is InChI=1S/C18H28O2.C18H28O.C17H26O.C17H20O.C16H24O.C16H18/c1-13(2)17(14-6-8-16(19-5)9-7-14)15-10-11-20-18(3,4)12-15;1-13(2)17(15-8-6-14(3)7-9-15)16-10-11-19-18(4,5)12-16;1-13(2)16(14-8-6-5-7-9-14)15-10-11-18-17(3,4)12-15;1-13(2)17(14-7-5-4-6-8-14)15-9-11-16(18-3)12-10-15;1-13(2)16(14-8-6-5-7-9-14)10-11-17-15(3,4)12-16;1-13(2)16(14-9-5-3-6-10-14)15-11-7-4-8-12-15/h6-9,13,15,17H,10-12H2,1-5H3;6-9,13,16-17H,10-12H2,1-5H3;5-9,13,15-16H,10-12H2,1-4H3;4-13,17H,1-3H3;5-9,13H,10-12H2,1-4H3;3-13,16H,1-2H3. The van der Waals surface area contributed by atoms with E-state index < -0.39 is 0 Å². The van der Waals surface area contributed by atoms with E-state index in [2.05, 4.69) is 358 Å². The number of rotatable bonds is 19. The normalized spacial score (nSPS) is 21.0. The summed E-state index contributed by atoms with van der Waals surface area (Å²) >= 11 is 0. The average Bonchev–Trinajstić information content (AvgIpc) is 0.777. The van der Waals surface area contributed by atoms with E-state index >= 15 is 0 Å². The summed E-state index contributed by atoms with van der Waals surface area (Å²) in [5.74, 6) is 10.7. The zero-order valence-corrected chi connectivity index (χ0v) is 71.4. The van der Waals surface area contributed by atoms with Crippen LogP contribution in [0, 0.1) is 60.2 Å². The van der Waals surface area contributed by atoms with Crippen LogP contribution < -0.4 is 9.47 Å². The molecule has 0 amide bonds. The van der Waals surface area contributed by atoms with E-state index in [9.17, 15) is 0 Å². The number of hydrogen-bond donors (Lipinski definition) is 0. The molecule has 4 aliphatic heterocycles. The van der Waals surface area contributed by atoms with Gasteiger partial charge in [0.25, 0.3) is 0 Å². The zero-order chi connectivity index (χ0) is 78.8. The minimum atomic E-state index is -0.00163. The van der Waals surface area contributed by atoms with E-state index in [1.807, 2.05) is 12.1 Å². The van der Waals surface area contributed by atoms with Gasteiger partial charge in [-0.15, -0.1) is 0 Å². The number of methoxy groups -OCH3 is 2. The Morgan fingerprint density at radius 2 is 0.574 bits per heavy atom. The molecule has 8 unspecified atom stereocenters. The van der Waals surface area contributed by atoms with E-state index in [1.165, 1.54) is 75.8 Å². The van der Waals surface area contributed by atoms with Crippen LogP contribution >= 0.6 is 0 Å². The van der Waals surface area contributed by atoms with Gasteiger partial charge in [0, 0.05) is 43.7 Å². The smallest absolute Gasteiger partial charge is 0.118 e. The first-order valence-electron chi connectivity index (χ1n) is 41.4. The topological polar surface area (TPSA) is 55.4 Å². The summed E-state index contributed by atoms with van der Waals surface area (Å²) in [6.45, 7) is 51.3. The largest absolute Gasteiger partial charge is 0.497 e. The van der Waals surface area contributed by atoms with Gasteiger partial charge in [0.1, 0.15) is 11.5 Å². The molecule has 8 aromatic carbocycles. The maximum atomic E-state index is 5.89. The summed E-state index contributed by atoms with van der Waals surface area (Å²) in [5.41, 5.74) is 13.2. The van der Waals surface area contributed by atoms with Crippen LogP contribution in [0.4, 0.5) is 0 Å². The van der Waals surface area contributed by atoms with Crippen LogP contribution in [-0.4, -0.2) is 63.1 Å². The monoisotopic (exact) mass is 1470 g/mol. The van der Waals surface area contributed by atoms with Gasteiger partial charge in [0.15, 0.2) is 0 Å². The van der Waals surface area contributed by atoms with Crippen molar-refractivity contribution >= 4 is 0 Å². The van der Waals surface area contributed by atoms with Gasteiger partial charge >= 0.3 is 0 Å². The fourth-order valence-corrected chi connectivity index (χ4v) is 18.6. The molecule has 0 bridgehead atoms. The first-order valence-corrected chi connectivity index (χ1v) is 41.4. The van der Waals surface area contributed by atoms with E-state index in [0.717, 1.165) is 75.4 Å². The molecule has 4 aliphatic rings. The van der Waals surface area contributed by atoms with Crippen molar-refractivity contribution in [1.82, 2.24) is 0 Å². The molecule has 4 heterocycles. The van der Waals surface area contributed by atoms with Crippen molar-refractivity contribution in [2.75, 3.05) is 40.6 Å². The van der Waals surface area contributed by atoms with Gasteiger partial charge in [-0.1, -0.05) is 289 Å². The van der Waals surface area contributed by atoms with Crippen LogP contribution in [0.25, 0.3) is 0 Å². The van der Waals surface area contributed by atoms with Gasteiger partial charge in [0.05, 0.1) is 36.6 Å². The summed E-state index contributed by atoms with van der Waals surface area (Å²) in [7, 11) is 3.42. The second-order valence-electron chi connectivity index (χ2n) is 36.1. The first-order chi connectivity index (χ1) is 51.3. The van der Waals surface area contributed by atoms with Gasteiger partial charge < -0.3 is 28.4 Å². The summed E-state index contributed by atoms with van der Waals surface area (Å²) < 4.78 is 34.0. The second-order valence-corrected chi connectivity index (χ2v) is 36.1. The Morgan fingerprint density at radius 1 is 0.306 bits per heavy atom. The van der Waals surface area contributed by atoms with Crippen molar-refractivity contribution in [1.29, 1.82) is 0 Å². The molecule has 4 saturated heterocycles. The van der Waals surface area contributed by atoms with Crippen molar-refractivity contribution in [2.24, 2.45) is 53.3 Å². The van der Waals surface area contributed by atoms with Gasteiger partial charge in [-0.2, -0.15) is 0 Å². The minimum absolute atomic E-state index is 0.00163. The summed E-state index contributed by atoms with van der Waals surface area (Å²) in [6.07, 6.45) is 9.29. The van der Waals surface area contributed by atoms with E-state index in [-0.39, 0.29) is 27.8 Å². The number of ether oxygens (including phenoxy) is 6. The van der Waals surface area contributed by atoms with Crippen molar-refractivity contribution < 1.29 is 28.4 Å². The molecule has 12 rings (SSSR count). The lowest BCUT2D eigenvalue weighted by molar-refractivity contribution is -0.0920. The Bertz CT molecular complexity index is 3690. The lowest BCUT2D eigenvalue weighted by Gasteiger charge is -2.48. The number of hydrogen-bond acceptors (Lipinski definition) is 6. The maximum absolute atomic E-state index is 5.89. The summed E-state index contributed by atoms with van der Waals surface area (Å²) in [5, 5.41) is 0. The van der Waals surface area contributed by atoms with Gasteiger partial charge in [-0.05, 0) is 253 Å². The molecule has 0 radical (unpaired) electrons. The third-order valence-corrected chi connectivity index (χ3v) is 23.6. The highest BCUT2D eigenvalue weighted by atomic mass is 16.5. The molecule has 6 nitrogen and oxygen atoms in total. The quantitative estimate of drug-likeness (QED) is 0.0804. The van der Waals surface area contributed by atoms with E-state index in [0.29, 0.717) is 71.0 Å². The van der Waals surface area contributed by atoms with Gasteiger partial charge in [0.2, 0.25) is 0 Å². The fourth-order valence-electron chi connectivity index (χ4n) is 18.6. The fraction of sp³-hybridized carbons (Fsp3) is 0.529. The molecule has 588 valence electrons. The van der Waals surface area contributed by atoms with Gasteiger partial charge in [-0.25, -0.2) is 0 Å². The molecule has 0 saturated carbocycles. The molecule has 8 aromatic rings. The Labute approximate surface area is 658 Å². The molecule has 108 heavy (non-hydrogen) atoms. The van der Waals surface area contributed by atoms with Crippen LogP contribution in [0.15, 0.2) is 224 Å². The Hall–Kier alpha value is -6.80. The average molecular weight is 1470 g/mol. The Kier molecular flexibility index (Phi) is 34.4. The highest BCUT2D eigenvalue weighted by Gasteiger charge is 2.44. The van der Waals surface area contributed by atoms with Gasteiger partial charge in [-0.3, -0.25) is 0 Å². The maximum Gasteiger partial charge on any atom is 0.118 e. The Morgan fingerprint density at radius 3 is 0.852 bits per heavy atom. The van der Waals surface area contributed by atoms with Crippen LogP contribution in [0.1, 0.15) is 270 Å². The highest BCUT2D eigenvalue weighted by molar-refractivity contribution is 5.38. The summed E-state index contributed by atoms with van der Waals surface area (Å²) in [4.78, 5) is 0. The predicted octanol–water partition coefficient (Wildman–Crippen LogP) is 27.3. The van der Waals surface area contributed by atoms with Crippen molar-refractivity contribution in [3.8, 4) is 11.5 Å². The first kappa shape index (κ1) is 88.4. The van der Waals surface area contributed by atoms with Crippen LogP contribution in [0.2, 0.25) is 0 Å².